The third-order valence-corrected chi connectivity index (χ3v) is 15.4. The number of imide groups is 2. The van der Waals surface area contributed by atoms with E-state index in [0.29, 0.717) is 10.1 Å². The molecular formula is C58H34Cl4N2O22. The van der Waals surface area contributed by atoms with E-state index in [-0.39, 0.29) is 142 Å². The Labute approximate surface area is 501 Å². The molecule has 2 spiro atoms. The van der Waals surface area contributed by atoms with E-state index < -0.39 is 88.1 Å². The van der Waals surface area contributed by atoms with Crippen molar-refractivity contribution in [3.05, 3.63) is 161 Å². The molecule has 24 nitrogen and oxygen atoms in total. The highest BCUT2D eigenvalue weighted by atomic mass is 35.5. The number of halogens is 4. The predicted molar refractivity (Wildman–Crippen MR) is 288 cm³/mol. The van der Waals surface area contributed by atoms with Crippen molar-refractivity contribution in [1.82, 2.24) is 10.1 Å². The average Bonchev–Trinajstić information content (AvgIpc) is 1.44. The summed E-state index contributed by atoms with van der Waals surface area (Å²) in [7, 11) is 0. The molecule has 0 saturated carbocycles. The third kappa shape index (κ3) is 9.70. The van der Waals surface area contributed by atoms with Crippen molar-refractivity contribution < 1.29 is 105 Å². The fourth-order valence-electron chi connectivity index (χ4n) is 10.3. The number of esters is 6. The highest BCUT2D eigenvalue weighted by molar-refractivity contribution is 6.46. The molecule has 4 amide bonds. The zero-order valence-electron chi connectivity index (χ0n) is 44.3. The van der Waals surface area contributed by atoms with Crippen LogP contribution in [0.2, 0.25) is 20.1 Å². The summed E-state index contributed by atoms with van der Waals surface area (Å²) in [6.07, 6.45) is -0.513. The first kappa shape index (κ1) is 57.9. The van der Waals surface area contributed by atoms with Gasteiger partial charge in [0.2, 0.25) is 0 Å². The van der Waals surface area contributed by atoms with Gasteiger partial charge >= 0.3 is 47.8 Å². The Morgan fingerprint density at radius 1 is 0.419 bits per heavy atom. The van der Waals surface area contributed by atoms with E-state index >= 15 is 0 Å². The lowest BCUT2D eigenvalue weighted by Crippen LogP contribution is -2.34. The molecule has 6 aromatic rings. The molecule has 2 fully saturated rings. The van der Waals surface area contributed by atoms with Crippen LogP contribution in [-0.2, 0) is 68.7 Å². The molecule has 0 aliphatic carbocycles. The molecule has 0 aromatic heterocycles. The van der Waals surface area contributed by atoms with Crippen LogP contribution in [0.4, 0.5) is 0 Å². The van der Waals surface area contributed by atoms with Gasteiger partial charge < -0.3 is 47.6 Å². The molecule has 436 valence electrons. The second-order valence-corrected chi connectivity index (χ2v) is 20.7. The van der Waals surface area contributed by atoms with Gasteiger partial charge in [0.25, 0.3) is 23.6 Å². The quantitative estimate of drug-likeness (QED) is 0.0778. The maximum absolute atomic E-state index is 13.5. The number of hydroxylamine groups is 4. The highest BCUT2D eigenvalue weighted by Gasteiger charge is 2.58. The average molecular weight is 1250 g/mol. The predicted octanol–water partition coefficient (Wildman–Crippen LogP) is 9.27. The molecule has 0 unspecified atom stereocenters. The van der Waals surface area contributed by atoms with Gasteiger partial charge in [0.05, 0.1) is 42.3 Å². The van der Waals surface area contributed by atoms with Crippen molar-refractivity contribution in [2.24, 2.45) is 0 Å². The largest absolute Gasteiger partial charge is 0.456 e. The van der Waals surface area contributed by atoms with Crippen LogP contribution in [0, 0.1) is 0 Å². The van der Waals surface area contributed by atoms with Gasteiger partial charge in [0, 0.05) is 111 Å². The maximum Gasteiger partial charge on any atom is 0.365 e. The van der Waals surface area contributed by atoms with E-state index in [1.165, 1.54) is 107 Å². The van der Waals surface area contributed by atoms with Crippen molar-refractivity contribution in [2.75, 3.05) is 0 Å². The summed E-state index contributed by atoms with van der Waals surface area (Å²) in [6.45, 7) is 4.87. The van der Waals surface area contributed by atoms with Crippen LogP contribution in [-0.4, -0.2) is 81.5 Å². The van der Waals surface area contributed by atoms with Crippen LogP contribution in [0.1, 0.15) is 128 Å². The molecule has 2 saturated heterocycles. The molecule has 6 heterocycles. The fraction of sp³-hybridized carbons (Fsp3) is 0.172. The zero-order valence-corrected chi connectivity index (χ0v) is 47.3. The lowest BCUT2D eigenvalue weighted by molar-refractivity contribution is -0.173. The summed E-state index contributed by atoms with van der Waals surface area (Å²) < 4.78 is 45.1. The Bertz CT molecular complexity index is 4030. The second kappa shape index (κ2) is 21.6. The molecule has 6 aliphatic heterocycles. The molecule has 6 aromatic carbocycles. The number of carbonyl (C=O) groups is 12. The first-order valence-electron chi connectivity index (χ1n) is 25.2. The van der Waals surface area contributed by atoms with E-state index in [1.54, 1.807) is 0 Å². The topological polar surface area (TPSA) is 304 Å². The first-order valence-corrected chi connectivity index (χ1v) is 26.7. The standard InChI is InChI=1S/2C29H17Cl2NO11/c1-12(33)39-14-3-5-18-20(9-14)41-21-10-15(40-13(2)34)4-6-19(21)29(18)24-16(27(37)42-29)11-17(25(30)26(24)31)28(38)43-32-22(35)7-8-23(32)36;1-12(33)39-14-3-5-17-20(9-14)41-21-10-15(40-13(2)34)4-6-18(21)29(17)19-11-16(25(30)26(31)24(19)28(38)42-29)27(37)43-32-22(35)7-8-23(32)36/h2*3-6,9-11H,7-8H2,1-2H3. The van der Waals surface area contributed by atoms with Crippen molar-refractivity contribution in [3.63, 3.8) is 0 Å². The molecule has 0 radical (unpaired) electrons. The summed E-state index contributed by atoms with van der Waals surface area (Å²) in [4.78, 5) is 158. The number of nitrogens with zero attached hydrogens (tertiary/aromatic N) is 2. The number of carbonyl (C=O) groups excluding carboxylic acids is 12. The lowest BCUT2D eigenvalue weighted by atomic mass is 9.77. The first-order chi connectivity index (χ1) is 40.8. The van der Waals surface area contributed by atoms with E-state index in [9.17, 15) is 57.5 Å². The number of amides is 4. The normalized spacial score (nSPS) is 15.7. The van der Waals surface area contributed by atoms with E-state index in [2.05, 4.69) is 0 Å². The summed E-state index contributed by atoms with van der Waals surface area (Å²) in [6, 6.07) is 19.7. The fourth-order valence-corrected chi connectivity index (χ4v) is 11.4. The van der Waals surface area contributed by atoms with E-state index in [0.717, 1.165) is 6.07 Å². The minimum atomic E-state index is -1.80. The van der Waals surface area contributed by atoms with Crippen molar-refractivity contribution >= 4 is 118 Å². The van der Waals surface area contributed by atoms with Crippen LogP contribution in [0.5, 0.6) is 46.0 Å². The van der Waals surface area contributed by atoms with Gasteiger partial charge in [-0.1, -0.05) is 46.4 Å². The smallest absolute Gasteiger partial charge is 0.365 e. The van der Waals surface area contributed by atoms with E-state index in [4.69, 9.17) is 94.0 Å². The Balaban J connectivity index is 0.000000179. The van der Waals surface area contributed by atoms with Crippen LogP contribution >= 0.6 is 46.4 Å². The van der Waals surface area contributed by atoms with Gasteiger partial charge in [-0.15, -0.1) is 10.1 Å². The molecule has 86 heavy (non-hydrogen) atoms. The number of fused-ring (bicyclic) bond motifs is 12. The summed E-state index contributed by atoms with van der Waals surface area (Å²) >= 11 is 26.3. The Kier molecular flexibility index (Phi) is 14.6. The van der Waals surface area contributed by atoms with Crippen LogP contribution in [0.15, 0.2) is 84.9 Å². The molecule has 0 N–H and O–H groups in total. The van der Waals surface area contributed by atoms with Crippen molar-refractivity contribution in [3.8, 4) is 46.0 Å². The van der Waals surface area contributed by atoms with Gasteiger partial charge in [-0.25, -0.2) is 19.2 Å². The highest BCUT2D eigenvalue weighted by Crippen LogP contribution is 2.61. The Morgan fingerprint density at radius 2 is 0.756 bits per heavy atom. The number of ether oxygens (including phenoxy) is 8. The van der Waals surface area contributed by atoms with Crippen LogP contribution in [0.25, 0.3) is 0 Å². The second-order valence-electron chi connectivity index (χ2n) is 19.2. The number of benzene rings is 6. The molecule has 0 atom stereocenters. The van der Waals surface area contributed by atoms with Gasteiger partial charge in [0.1, 0.15) is 46.0 Å². The Morgan fingerprint density at radius 3 is 1.13 bits per heavy atom. The Hall–Kier alpha value is -9.88. The van der Waals surface area contributed by atoms with Gasteiger partial charge in [-0.05, 0) is 60.7 Å². The van der Waals surface area contributed by atoms with Crippen LogP contribution in [0.3, 0.4) is 0 Å². The minimum absolute atomic E-state index is 0.0558. The number of rotatable bonds is 8. The summed E-state index contributed by atoms with van der Waals surface area (Å²) in [5.74, 6) is -8.52. The molecule has 6 aliphatic rings. The monoisotopic (exact) mass is 1250 g/mol. The molecule has 0 bridgehead atoms. The lowest BCUT2D eigenvalue weighted by Gasteiger charge is -2.37. The van der Waals surface area contributed by atoms with Gasteiger partial charge in [-0.3, -0.25) is 38.4 Å². The zero-order chi connectivity index (χ0) is 61.6. The molecule has 12 rings (SSSR count). The maximum atomic E-state index is 13.5. The van der Waals surface area contributed by atoms with E-state index in [1.807, 2.05) is 0 Å². The van der Waals surface area contributed by atoms with Crippen molar-refractivity contribution in [2.45, 2.75) is 64.6 Å². The molecule has 28 heteroatoms. The third-order valence-electron chi connectivity index (χ3n) is 13.7. The number of hydrogen-bond acceptors (Lipinski definition) is 22. The number of hydrogen-bond donors (Lipinski definition) is 0. The van der Waals surface area contributed by atoms with Crippen LogP contribution < -0.4 is 28.4 Å². The van der Waals surface area contributed by atoms with Gasteiger partial charge in [0.15, 0.2) is 11.2 Å². The summed E-state index contributed by atoms with van der Waals surface area (Å²) in [5, 5.41) is -0.626. The minimum Gasteiger partial charge on any atom is -0.456 e. The van der Waals surface area contributed by atoms with Crippen molar-refractivity contribution in [1.29, 1.82) is 0 Å². The SMILES string of the molecule is CC(=O)Oc1ccc2c(c1)Oc1cc(OC(C)=O)ccc1C21OC(=O)c2c1cc(C(=O)ON1C(=O)CCC1=O)c(Cl)c2Cl.CC(=O)Oc1ccc2c(c1)Oc1cc(OC(C)=O)ccc1C21OC(=O)c2cc(C(=O)ON3C(=O)CCC3=O)c(Cl)c(Cl)c21. The summed E-state index contributed by atoms with van der Waals surface area (Å²) in [5.41, 5.74) is -3.51. The van der Waals surface area contributed by atoms with Gasteiger partial charge in [-0.2, -0.15) is 0 Å². The molecular weight excluding hydrogens is 1220 g/mol.